The van der Waals surface area contributed by atoms with Crippen molar-refractivity contribution in [1.29, 1.82) is 0 Å². The van der Waals surface area contributed by atoms with Gasteiger partial charge < -0.3 is 9.84 Å². The molecule has 1 unspecified atom stereocenters. The van der Waals surface area contributed by atoms with Crippen LogP contribution in [0.1, 0.15) is 12.0 Å². The highest BCUT2D eigenvalue weighted by atomic mass is 32.2. The van der Waals surface area contributed by atoms with Crippen LogP contribution in [0.5, 0.6) is 0 Å². The second kappa shape index (κ2) is 7.19. The molecular weight excluding hydrogens is 308 g/mol. The molecule has 1 atom stereocenters. The van der Waals surface area contributed by atoms with E-state index < -0.39 is 16.0 Å². The molecule has 8 heteroatoms. The maximum atomic E-state index is 11.7. The molecule has 2 N–H and O–H groups in total. The van der Waals surface area contributed by atoms with Crippen LogP contribution in [-0.4, -0.2) is 57.2 Å². The second-order valence-electron chi connectivity index (χ2n) is 5.15. The number of rotatable bonds is 6. The molecule has 0 saturated carbocycles. The summed E-state index contributed by atoms with van der Waals surface area (Å²) in [6.07, 6.45) is 0.0339. The van der Waals surface area contributed by atoms with Gasteiger partial charge in [0.25, 0.3) is 0 Å². The van der Waals surface area contributed by atoms with E-state index >= 15 is 0 Å². The van der Waals surface area contributed by atoms with Crippen molar-refractivity contribution >= 4 is 16.0 Å². The third-order valence-corrected chi connectivity index (χ3v) is 5.08. The topological polar surface area (TPSA) is 95.9 Å². The number of ether oxygens (including phenoxy) is 1. The van der Waals surface area contributed by atoms with Crippen molar-refractivity contribution in [2.45, 2.75) is 23.9 Å². The summed E-state index contributed by atoms with van der Waals surface area (Å²) in [6.45, 7) is 2.20. The molecule has 0 aliphatic carbocycles. The highest BCUT2D eigenvalue weighted by Crippen LogP contribution is 2.17. The quantitative estimate of drug-likeness (QED) is 0.778. The number of hydrogen-bond acceptors (Lipinski definition) is 5. The maximum Gasteiger partial charge on any atom is 0.305 e. The summed E-state index contributed by atoms with van der Waals surface area (Å²) in [6, 6.07) is 6.43. The van der Waals surface area contributed by atoms with Crippen LogP contribution in [0.4, 0.5) is 0 Å². The molecule has 1 aromatic carbocycles. The number of benzene rings is 1. The van der Waals surface area contributed by atoms with Crippen molar-refractivity contribution in [3.63, 3.8) is 0 Å². The lowest BCUT2D eigenvalue weighted by atomic mass is 10.1. The number of sulfonamides is 1. The van der Waals surface area contributed by atoms with Crippen LogP contribution in [-0.2, 0) is 26.1 Å². The van der Waals surface area contributed by atoms with Crippen molar-refractivity contribution in [2.24, 2.45) is 0 Å². The Bertz CT molecular complexity index is 615. The first kappa shape index (κ1) is 16.9. The Morgan fingerprint density at radius 3 is 2.68 bits per heavy atom. The van der Waals surface area contributed by atoms with Gasteiger partial charge in [-0.1, -0.05) is 12.1 Å². The Hall–Kier alpha value is -1.48. The molecule has 0 aromatic heterocycles. The Kier molecular flexibility index (Phi) is 5.52. The summed E-state index contributed by atoms with van der Waals surface area (Å²) in [5.74, 6) is -0.851. The number of aliphatic carboxylic acids is 1. The molecule has 1 aliphatic rings. The fourth-order valence-corrected chi connectivity index (χ4v) is 3.14. The number of carboxylic acid groups (broad SMARTS) is 1. The first-order valence-corrected chi connectivity index (χ1v) is 8.47. The summed E-state index contributed by atoms with van der Waals surface area (Å²) in [7, 11) is -2.07. The van der Waals surface area contributed by atoms with Gasteiger partial charge in [0, 0.05) is 19.1 Å². The average molecular weight is 328 g/mol. The largest absolute Gasteiger partial charge is 0.481 e. The molecule has 22 heavy (non-hydrogen) atoms. The van der Waals surface area contributed by atoms with Gasteiger partial charge in [-0.15, -0.1) is 0 Å². The van der Waals surface area contributed by atoms with Gasteiger partial charge in [-0.2, -0.15) is 0 Å². The lowest BCUT2D eigenvalue weighted by Crippen LogP contribution is -2.45. The summed E-state index contributed by atoms with van der Waals surface area (Å²) in [5, 5.41) is 8.95. The van der Waals surface area contributed by atoms with Gasteiger partial charge in [-0.3, -0.25) is 9.69 Å². The van der Waals surface area contributed by atoms with Crippen molar-refractivity contribution in [1.82, 2.24) is 9.62 Å². The summed E-state index contributed by atoms with van der Waals surface area (Å²) < 4.78 is 30.9. The van der Waals surface area contributed by atoms with Gasteiger partial charge in [0.1, 0.15) is 0 Å². The van der Waals surface area contributed by atoms with Crippen LogP contribution in [0.15, 0.2) is 29.2 Å². The fraction of sp³-hybridized carbons (Fsp3) is 0.500. The van der Waals surface area contributed by atoms with Crippen molar-refractivity contribution in [3.05, 3.63) is 29.8 Å². The molecular formula is C14H20N2O5S. The van der Waals surface area contributed by atoms with Crippen LogP contribution >= 0.6 is 0 Å². The second-order valence-corrected chi connectivity index (χ2v) is 7.04. The van der Waals surface area contributed by atoms with Gasteiger partial charge in [-0.05, 0) is 24.7 Å². The zero-order valence-electron chi connectivity index (χ0n) is 12.4. The number of nitrogens with zero attached hydrogens (tertiary/aromatic N) is 1. The van der Waals surface area contributed by atoms with E-state index in [4.69, 9.17) is 9.84 Å². The normalized spacial score (nSPS) is 20.0. The molecule has 1 heterocycles. The first-order chi connectivity index (χ1) is 10.4. The number of hydrogen-bond donors (Lipinski definition) is 2. The average Bonchev–Trinajstić information content (AvgIpc) is 2.49. The van der Waals surface area contributed by atoms with E-state index in [1.165, 1.54) is 7.05 Å². The molecule has 1 fully saturated rings. The van der Waals surface area contributed by atoms with E-state index in [0.29, 0.717) is 26.3 Å². The van der Waals surface area contributed by atoms with E-state index in [9.17, 15) is 13.2 Å². The Balaban J connectivity index is 2.07. The molecule has 122 valence electrons. The van der Waals surface area contributed by atoms with E-state index in [1.807, 2.05) is 0 Å². The number of carboxylic acids is 1. The number of nitrogens with one attached hydrogen (secondary N) is 1. The van der Waals surface area contributed by atoms with Crippen LogP contribution < -0.4 is 4.72 Å². The van der Waals surface area contributed by atoms with Crippen LogP contribution in [0.3, 0.4) is 0 Å². The summed E-state index contributed by atoms with van der Waals surface area (Å²) in [5.41, 5.74) is 0.937. The molecule has 1 aliphatic heterocycles. The predicted octanol–water partition coefficient (Wildman–Crippen LogP) is 0.270. The standard InChI is InChI=1S/C14H20N2O5S/c1-15-22(19,20)13-4-2-11(3-5-13)9-16-6-7-21-10-12(16)8-14(17)18/h2-5,12,15H,6-10H2,1H3,(H,17,18). The smallest absolute Gasteiger partial charge is 0.305 e. The third kappa shape index (κ3) is 4.26. The lowest BCUT2D eigenvalue weighted by molar-refractivity contribution is -0.140. The predicted molar refractivity (Wildman–Crippen MR) is 80.0 cm³/mol. The maximum absolute atomic E-state index is 11.7. The molecule has 2 rings (SSSR count). The van der Waals surface area contributed by atoms with Gasteiger partial charge in [0.05, 0.1) is 24.5 Å². The van der Waals surface area contributed by atoms with Gasteiger partial charge in [0.2, 0.25) is 10.0 Å². The first-order valence-electron chi connectivity index (χ1n) is 6.98. The van der Waals surface area contributed by atoms with Crippen molar-refractivity contribution < 1.29 is 23.1 Å². The van der Waals surface area contributed by atoms with Crippen LogP contribution in [0, 0.1) is 0 Å². The van der Waals surface area contributed by atoms with E-state index in [1.54, 1.807) is 24.3 Å². The summed E-state index contributed by atoms with van der Waals surface area (Å²) >= 11 is 0. The highest BCUT2D eigenvalue weighted by molar-refractivity contribution is 7.89. The molecule has 1 aromatic rings. The fourth-order valence-electron chi connectivity index (χ4n) is 2.41. The number of morpholine rings is 1. The molecule has 0 amide bonds. The molecule has 0 radical (unpaired) electrons. The molecule has 1 saturated heterocycles. The summed E-state index contributed by atoms with van der Waals surface area (Å²) in [4.78, 5) is 13.2. The zero-order chi connectivity index (χ0) is 16.2. The van der Waals surface area contributed by atoms with Crippen molar-refractivity contribution in [3.8, 4) is 0 Å². The van der Waals surface area contributed by atoms with Gasteiger partial charge >= 0.3 is 5.97 Å². The Labute approximate surface area is 129 Å². The molecule has 0 bridgehead atoms. The van der Waals surface area contributed by atoms with E-state index in [-0.39, 0.29) is 17.4 Å². The van der Waals surface area contributed by atoms with Crippen LogP contribution in [0.2, 0.25) is 0 Å². The molecule has 0 spiro atoms. The van der Waals surface area contributed by atoms with E-state index in [2.05, 4.69) is 9.62 Å². The molecule has 7 nitrogen and oxygen atoms in total. The monoisotopic (exact) mass is 328 g/mol. The minimum atomic E-state index is -3.44. The van der Waals surface area contributed by atoms with Crippen LogP contribution in [0.25, 0.3) is 0 Å². The van der Waals surface area contributed by atoms with E-state index in [0.717, 1.165) is 5.56 Å². The highest BCUT2D eigenvalue weighted by Gasteiger charge is 2.25. The van der Waals surface area contributed by atoms with Gasteiger partial charge in [-0.25, -0.2) is 13.1 Å². The Morgan fingerprint density at radius 1 is 1.41 bits per heavy atom. The van der Waals surface area contributed by atoms with Crippen molar-refractivity contribution in [2.75, 3.05) is 26.8 Å². The lowest BCUT2D eigenvalue weighted by Gasteiger charge is -2.34. The third-order valence-electron chi connectivity index (χ3n) is 3.65. The minimum Gasteiger partial charge on any atom is -0.481 e. The zero-order valence-corrected chi connectivity index (χ0v) is 13.2. The Morgan fingerprint density at radius 2 is 2.09 bits per heavy atom. The number of carbonyl (C=O) groups is 1. The van der Waals surface area contributed by atoms with Gasteiger partial charge in [0.15, 0.2) is 0 Å². The SMILES string of the molecule is CNS(=O)(=O)c1ccc(CN2CCOCC2CC(=O)O)cc1. The minimum absolute atomic E-state index is 0.0339.